The summed E-state index contributed by atoms with van der Waals surface area (Å²) in [6.07, 6.45) is -0.821. The Balaban J connectivity index is 1.52. The number of rotatable bonds is 5. The van der Waals surface area contributed by atoms with Crippen molar-refractivity contribution in [2.45, 2.75) is 18.3 Å². The van der Waals surface area contributed by atoms with E-state index < -0.39 is 18.1 Å². The Morgan fingerprint density at radius 3 is 2.50 bits per heavy atom. The van der Waals surface area contributed by atoms with Crippen LogP contribution in [0.2, 0.25) is 0 Å². The molecular weight excluding hydrogens is 447 g/mol. The number of fused-ring (bicyclic) bond motifs is 1. The van der Waals surface area contributed by atoms with Crippen LogP contribution in [0, 0.1) is 0 Å². The third-order valence-corrected chi connectivity index (χ3v) is 5.75. The Bertz CT molecular complexity index is 1320. The highest BCUT2D eigenvalue weighted by molar-refractivity contribution is 6.06. The number of hydrogen-bond donors (Lipinski definition) is 2. The van der Waals surface area contributed by atoms with Crippen molar-refractivity contribution < 1.29 is 23.1 Å². The number of carbonyl (C=O) groups is 1. The predicted molar refractivity (Wildman–Crippen MR) is 121 cm³/mol. The molecular formula is C24H20F3N5O2. The van der Waals surface area contributed by atoms with Crippen molar-refractivity contribution in [1.82, 2.24) is 14.5 Å². The van der Waals surface area contributed by atoms with Gasteiger partial charge in [-0.05, 0) is 29.8 Å². The molecule has 34 heavy (non-hydrogen) atoms. The van der Waals surface area contributed by atoms with Crippen molar-refractivity contribution in [3.8, 4) is 0 Å². The number of aromatic nitrogens is 3. The molecule has 1 fully saturated rings. The summed E-state index contributed by atoms with van der Waals surface area (Å²) in [5.74, 6) is -0.0556. The lowest BCUT2D eigenvalue weighted by atomic mass is 10.1. The van der Waals surface area contributed by atoms with Crippen molar-refractivity contribution in [3.63, 3.8) is 0 Å². The summed E-state index contributed by atoms with van der Waals surface area (Å²) >= 11 is 0. The molecule has 1 aliphatic heterocycles. The SMILES string of the molecule is O=C(Nc1ccc(N2CC(O)C2)nc1)c1cc2ccncc2n1C(c1ccccc1)C(F)(F)F. The Kier molecular flexibility index (Phi) is 5.45. The van der Waals surface area contributed by atoms with E-state index >= 15 is 0 Å². The minimum atomic E-state index is -4.66. The van der Waals surface area contributed by atoms with Gasteiger partial charge in [-0.3, -0.25) is 9.78 Å². The van der Waals surface area contributed by atoms with Crippen LogP contribution in [0.25, 0.3) is 10.9 Å². The van der Waals surface area contributed by atoms with Crippen LogP contribution in [0.4, 0.5) is 24.7 Å². The molecule has 1 atom stereocenters. The molecule has 0 aliphatic carbocycles. The topological polar surface area (TPSA) is 83.3 Å². The number of halogens is 3. The molecule has 0 bridgehead atoms. The van der Waals surface area contributed by atoms with Crippen LogP contribution in [0.1, 0.15) is 22.1 Å². The zero-order chi connectivity index (χ0) is 23.9. The van der Waals surface area contributed by atoms with Gasteiger partial charge in [-0.15, -0.1) is 0 Å². The molecule has 0 spiro atoms. The van der Waals surface area contributed by atoms with Crippen molar-refractivity contribution in [3.05, 3.63) is 84.4 Å². The van der Waals surface area contributed by atoms with Gasteiger partial charge in [0.1, 0.15) is 11.5 Å². The Morgan fingerprint density at radius 1 is 1.09 bits per heavy atom. The van der Waals surface area contributed by atoms with E-state index in [4.69, 9.17) is 0 Å². The van der Waals surface area contributed by atoms with Crippen LogP contribution < -0.4 is 10.2 Å². The molecule has 10 heteroatoms. The molecule has 0 saturated carbocycles. The third-order valence-electron chi connectivity index (χ3n) is 5.75. The van der Waals surface area contributed by atoms with Crippen molar-refractivity contribution in [2.24, 2.45) is 0 Å². The molecule has 5 rings (SSSR count). The lowest BCUT2D eigenvalue weighted by molar-refractivity contribution is -0.156. The summed E-state index contributed by atoms with van der Waals surface area (Å²) in [5, 5.41) is 12.6. The standard InChI is InChI=1S/C24H20F3N5O2/c25-24(26,27)22(15-4-2-1-3-5-15)32-19(10-16-8-9-28-12-20(16)32)23(34)30-17-6-7-21(29-11-17)31-13-18(33)14-31/h1-12,18,22,33H,13-14H2,(H,30,34). The molecule has 7 nitrogen and oxygen atoms in total. The number of anilines is 2. The molecule has 174 valence electrons. The number of hydrogen-bond acceptors (Lipinski definition) is 5. The van der Waals surface area contributed by atoms with Gasteiger partial charge in [-0.2, -0.15) is 13.2 Å². The van der Waals surface area contributed by atoms with Crippen molar-refractivity contribution in [1.29, 1.82) is 0 Å². The molecule has 4 aromatic rings. The second-order valence-corrected chi connectivity index (χ2v) is 8.11. The first kappa shape index (κ1) is 21.9. The highest BCUT2D eigenvalue weighted by Crippen LogP contribution is 2.40. The molecule has 0 radical (unpaired) electrons. The fourth-order valence-electron chi connectivity index (χ4n) is 4.12. The fourth-order valence-corrected chi connectivity index (χ4v) is 4.12. The number of β-amino-alcohol motifs (C(OH)–C–C–N with tert-alkyl or cyclic N) is 1. The third kappa shape index (κ3) is 4.08. The van der Waals surface area contributed by atoms with E-state index in [1.807, 2.05) is 4.90 Å². The van der Waals surface area contributed by atoms with E-state index in [1.165, 1.54) is 48.9 Å². The molecule has 2 N–H and O–H groups in total. The van der Waals surface area contributed by atoms with Gasteiger partial charge in [-0.1, -0.05) is 30.3 Å². The number of nitrogens with one attached hydrogen (secondary N) is 1. The van der Waals surface area contributed by atoms with Crippen LogP contribution in [0.15, 0.2) is 73.2 Å². The van der Waals surface area contributed by atoms with Gasteiger partial charge in [0.15, 0.2) is 6.04 Å². The maximum Gasteiger partial charge on any atom is 0.413 e. The highest BCUT2D eigenvalue weighted by atomic mass is 19.4. The maximum atomic E-state index is 14.3. The number of aliphatic hydroxyl groups excluding tert-OH is 1. The van der Waals surface area contributed by atoms with Crippen LogP contribution in [0.3, 0.4) is 0 Å². The maximum absolute atomic E-state index is 14.3. The average Bonchev–Trinajstić information content (AvgIpc) is 3.17. The largest absolute Gasteiger partial charge is 0.413 e. The van der Waals surface area contributed by atoms with Gasteiger partial charge in [-0.25, -0.2) is 4.98 Å². The summed E-state index contributed by atoms with van der Waals surface area (Å²) in [4.78, 5) is 23.3. The first-order valence-corrected chi connectivity index (χ1v) is 10.6. The molecule has 1 saturated heterocycles. The minimum Gasteiger partial charge on any atom is -0.389 e. The molecule has 1 amide bonds. The monoisotopic (exact) mass is 467 g/mol. The summed E-state index contributed by atoms with van der Waals surface area (Å²) in [6.45, 7) is 0.955. The lowest BCUT2D eigenvalue weighted by Gasteiger charge is -2.36. The van der Waals surface area contributed by atoms with Crippen LogP contribution in [-0.2, 0) is 0 Å². The van der Waals surface area contributed by atoms with Crippen molar-refractivity contribution >= 4 is 28.3 Å². The number of amides is 1. The molecule has 1 unspecified atom stereocenters. The van der Waals surface area contributed by atoms with E-state index in [1.54, 1.807) is 24.3 Å². The van der Waals surface area contributed by atoms with E-state index in [0.29, 0.717) is 30.0 Å². The normalized spacial score (nSPS) is 15.2. The summed E-state index contributed by atoms with van der Waals surface area (Å²) in [6, 6.07) is 11.7. The quantitative estimate of drug-likeness (QED) is 0.463. The van der Waals surface area contributed by atoms with Gasteiger partial charge in [0.05, 0.1) is 29.7 Å². The molecule has 1 aromatic carbocycles. The lowest BCUT2D eigenvalue weighted by Crippen LogP contribution is -2.51. The van der Waals surface area contributed by atoms with E-state index in [0.717, 1.165) is 4.57 Å². The summed E-state index contributed by atoms with van der Waals surface area (Å²) < 4.78 is 44.0. The second-order valence-electron chi connectivity index (χ2n) is 8.11. The van der Waals surface area contributed by atoms with E-state index in [2.05, 4.69) is 15.3 Å². The summed E-state index contributed by atoms with van der Waals surface area (Å²) in [7, 11) is 0. The smallest absolute Gasteiger partial charge is 0.389 e. The van der Waals surface area contributed by atoms with Gasteiger partial charge in [0.2, 0.25) is 0 Å². The van der Waals surface area contributed by atoms with E-state index in [9.17, 15) is 23.1 Å². The number of nitrogens with zero attached hydrogens (tertiary/aromatic N) is 4. The molecule has 1 aliphatic rings. The number of benzene rings is 1. The number of pyridine rings is 2. The van der Waals surface area contributed by atoms with Gasteiger partial charge in [0.25, 0.3) is 5.91 Å². The second kappa shape index (κ2) is 8.45. The first-order valence-electron chi connectivity index (χ1n) is 10.6. The van der Waals surface area contributed by atoms with Crippen LogP contribution >= 0.6 is 0 Å². The Hall–Kier alpha value is -3.92. The zero-order valence-corrected chi connectivity index (χ0v) is 17.8. The molecule has 3 aromatic heterocycles. The van der Waals surface area contributed by atoms with Crippen molar-refractivity contribution in [2.75, 3.05) is 23.3 Å². The number of aliphatic hydroxyl groups is 1. The Morgan fingerprint density at radius 2 is 1.85 bits per heavy atom. The van der Waals surface area contributed by atoms with Crippen LogP contribution in [0.5, 0.6) is 0 Å². The predicted octanol–water partition coefficient (Wildman–Crippen LogP) is 4.02. The Labute approximate surface area is 192 Å². The van der Waals surface area contributed by atoms with E-state index in [-0.39, 0.29) is 22.9 Å². The van der Waals surface area contributed by atoms with Gasteiger partial charge < -0.3 is 19.9 Å². The minimum absolute atomic E-state index is 0.00755. The molecule has 4 heterocycles. The zero-order valence-electron chi connectivity index (χ0n) is 17.8. The average molecular weight is 467 g/mol. The summed E-state index contributed by atoms with van der Waals surface area (Å²) in [5.41, 5.74) is 0.397. The number of carbonyl (C=O) groups excluding carboxylic acids is 1. The van der Waals surface area contributed by atoms with Gasteiger partial charge >= 0.3 is 6.18 Å². The fraction of sp³-hybridized carbons (Fsp3) is 0.208. The van der Waals surface area contributed by atoms with Crippen LogP contribution in [-0.4, -0.2) is 50.9 Å². The van der Waals surface area contributed by atoms with Gasteiger partial charge in [0, 0.05) is 24.7 Å². The number of alkyl halides is 3. The first-order chi connectivity index (χ1) is 16.3. The highest BCUT2D eigenvalue weighted by Gasteiger charge is 2.44.